The molecule has 0 saturated heterocycles. The van der Waals surface area contributed by atoms with Gasteiger partial charge in [0.05, 0.1) is 0 Å². The van der Waals surface area contributed by atoms with Crippen LogP contribution in [0.1, 0.15) is 11.1 Å². The Balaban J connectivity index is 1.60. The molecule has 3 aromatic rings. The van der Waals surface area contributed by atoms with Crippen LogP contribution in [0.2, 0.25) is 10.0 Å². The Morgan fingerprint density at radius 2 is 1.72 bits per heavy atom. The summed E-state index contributed by atoms with van der Waals surface area (Å²) < 4.78 is 6.92. The molecule has 0 aliphatic heterocycles. The monoisotopic (exact) mass is 435 g/mol. The molecular weight excluding hydrogens is 421 g/mol. The van der Waals surface area contributed by atoms with Crippen molar-refractivity contribution in [3.63, 3.8) is 0 Å². The van der Waals surface area contributed by atoms with Crippen LogP contribution in [-0.4, -0.2) is 0 Å². The van der Waals surface area contributed by atoms with E-state index >= 15 is 0 Å². The number of nitrogens with one attached hydrogen (secondary N) is 1. The van der Waals surface area contributed by atoms with Crippen molar-refractivity contribution in [2.45, 2.75) is 13.2 Å². The van der Waals surface area contributed by atoms with E-state index in [1.807, 2.05) is 54.6 Å². The van der Waals surface area contributed by atoms with Gasteiger partial charge in [0.1, 0.15) is 12.4 Å². The fourth-order valence-corrected chi connectivity index (χ4v) is 3.04. The van der Waals surface area contributed by atoms with Crippen LogP contribution in [0.25, 0.3) is 0 Å². The van der Waals surface area contributed by atoms with Gasteiger partial charge in [-0.25, -0.2) is 0 Å². The van der Waals surface area contributed by atoms with Crippen molar-refractivity contribution >= 4 is 44.8 Å². The van der Waals surface area contributed by atoms with Crippen molar-refractivity contribution in [1.29, 1.82) is 0 Å². The first-order chi connectivity index (χ1) is 12.1. The molecule has 25 heavy (non-hydrogen) atoms. The third kappa shape index (κ3) is 5.40. The number of ether oxygens (including phenoxy) is 1. The summed E-state index contributed by atoms with van der Waals surface area (Å²) in [6.45, 7) is 1.13. The van der Waals surface area contributed by atoms with E-state index < -0.39 is 0 Å². The van der Waals surface area contributed by atoms with Gasteiger partial charge in [0.2, 0.25) is 0 Å². The van der Waals surface area contributed by atoms with Crippen LogP contribution in [-0.2, 0) is 13.2 Å². The van der Waals surface area contributed by atoms with Crippen LogP contribution >= 0.6 is 39.1 Å². The van der Waals surface area contributed by atoms with Gasteiger partial charge >= 0.3 is 0 Å². The summed E-state index contributed by atoms with van der Waals surface area (Å²) in [5, 5.41) is 4.62. The molecule has 0 spiro atoms. The summed E-state index contributed by atoms with van der Waals surface area (Å²) in [6, 6.07) is 21.5. The molecule has 3 aromatic carbocycles. The second-order valence-corrected chi connectivity index (χ2v) is 7.29. The number of halogens is 3. The number of anilines is 1. The first-order valence-corrected chi connectivity index (χ1v) is 9.30. The molecule has 1 N–H and O–H groups in total. The van der Waals surface area contributed by atoms with Gasteiger partial charge < -0.3 is 10.1 Å². The molecule has 0 aromatic heterocycles. The van der Waals surface area contributed by atoms with E-state index in [1.54, 1.807) is 6.07 Å². The average Bonchev–Trinajstić information content (AvgIpc) is 2.61. The smallest absolute Gasteiger partial charge is 0.120 e. The zero-order chi connectivity index (χ0) is 17.6. The molecule has 0 aliphatic carbocycles. The number of rotatable bonds is 6. The molecule has 128 valence electrons. The van der Waals surface area contributed by atoms with Crippen molar-refractivity contribution in [3.05, 3.63) is 92.4 Å². The normalized spacial score (nSPS) is 10.5. The summed E-state index contributed by atoms with van der Waals surface area (Å²) in [5.74, 6) is 0.807. The van der Waals surface area contributed by atoms with Gasteiger partial charge in [-0.05, 0) is 54.1 Å². The minimum atomic E-state index is 0.402. The highest BCUT2D eigenvalue weighted by Crippen LogP contribution is 2.23. The Labute approximate surface area is 165 Å². The Kier molecular flexibility index (Phi) is 6.24. The first kappa shape index (κ1) is 18.1. The van der Waals surface area contributed by atoms with Crippen LogP contribution < -0.4 is 10.1 Å². The van der Waals surface area contributed by atoms with Crippen LogP contribution in [0.3, 0.4) is 0 Å². The third-order valence-electron chi connectivity index (χ3n) is 3.65. The molecule has 0 aliphatic rings. The van der Waals surface area contributed by atoms with Gasteiger partial charge in [-0.1, -0.05) is 57.3 Å². The molecule has 0 fully saturated rings. The largest absolute Gasteiger partial charge is 0.489 e. The average molecular weight is 437 g/mol. The van der Waals surface area contributed by atoms with E-state index in [-0.39, 0.29) is 0 Å². The molecular formula is C20H16BrCl2NO. The lowest BCUT2D eigenvalue weighted by molar-refractivity contribution is 0.306. The molecule has 5 heteroatoms. The minimum Gasteiger partial charge on any atom is -0.489 e. The fraction of sp³-hybridized carbons (Fsp3) is 0.100. The van der Waals surface area contributed by atoms with E-state index in [0.717, 1.165) is 33.6 Å². The van der Waals surface area contributed by atoms with Crippen LogP contribution in [0.5, 0.6) is 5.75 Å². The third-order valence-corrected chi connectivity index (χ3v) is 4.76. The van der Waals surface area contributed by atoms with Gasteiger partial charge in [-0.15, -0.1) is 0 Å². The molecule has 0 bridgehead atoms. The van der Waals surface area contributed by atoms with E-state index in [2.05, 4.69) is 27.3 Å². The minimum absolute atomic E-state index is 0.402. The summed E-state index contributed by atoms with van der Waals surface area (Å²) in [7, 11) is 0. The van der Waals surface area contributed by atoms with E-state index in [4.69, 9.17) is 27.9 Å². The maximum atomic E-state index is 6.18. The number of hydrogen-bond acceptors (Lipinski definition) is 2. The molecule has 0 atom stereocenters. The Bertz CT molecular complexity index is 853. The summed E-state index contributed by atoms with van der Waals surface area (Å²) in [6.07, 6.45) is 0. The van der Waals surface area contributed by atoms with Crippen molar-refractivity contribution in [3.8, 4) is 5.75 Å². The predicted molar refractivity (Wildman–Crippen MR) is 109 cm³/mol. The highest BCUT2D eigenvalue weighted by atomic mass is 79.9. The molecule has 0 unspecified atom stereocenters. The van der Waals surface area contributed by atoms with Crippen molar-refractivity contribution in [2.75, 3.05) is 5.32 Å². The standard InChI is InChI=1S/C20H16BrCl2NO/c21-16-5-8-18(9-6-16)24-12-14-2-1-3-19(10-14)25-13-15-4-7-17(22)11-20(15)23/h1-11,24H,12-13H2. The SMILES string of the molecule is Clc1ccc(COc2cccc(CNc3ccc(Br)cc3)c2)c(Cl)c1. The van der Waals surface area contributed by atoms with Crippen LogP contribution in [0, 0.1) is 0 Å². The molecule has 3 rings (SSSR count). The second-order valence-electron chi connectivity index (χ2n) is 5.53. The van der Waals surface area contributed by atoms with Crippen molar-refractivity contribution in [2.24, 2.45) is 0 Å². The lowest BCUT2D eigenvalue weighted by Gasteiger charge is -2.11. The number of hydrogen-bond donors (Lipinski definition) is 1. The highest BCUT2D eigenvalue weighted by Gasteiger charge is 2.03. The van der Waals surface area contributed by atoms with Gasteiger partial charge in [-0.3, -0.25) is 0 Å². The zero-order valence-electron chi connectivity index (χ0n) is 13.3. The van der Waals surface area contributed by atoms with Crippen molar-refractivity contribution in [1.82, 2.24) is 0 Å². The lowest BCUT2D eigenvalue weighted by atomic mass is 10.2. The highest BCUT2D eigenvalue weighted by molar-refractivity contribution is 9.10. The number of benzene rings is 3. The predicted octanol–water partition coefficient (Wildman–Crippen LogP) is 6.95. The molecule has 2 nitrogen and oxygen atoms in total. The second kappa shape index (κ2) is 8.61. The quantitative estimate of drug-likeness (QED) is 0.451. The summed E-state index contributed by atoms with van der Waals surface area (Å²) >= 11 is 15.5. The Morgan fingerprint density at radius 1 is 0.920 bits per heavy atom. The van der Waals surface area contributed by atoms with Crippen molar-refractivity contribution < 1.29 is 4.74 Å². The van der Waals surface area contributed by atoms with E-state index in [1.165, 1.54) is 0 Å². The van der Waals surface area contributed by atoms with E-state index in [9.17, 15) is 0 Å². The lowest BCUT2D eigenvalue weighted by Crippen LogP contribution is -2.00. The summed E-state index contributed by atoms with van der Waals surface area (Å²) in [5.41, 5.74) is 3.12. The molecule has 0 heterocycles. The zero-order valence-corrected chi connectivity index (χ0v) is 16.4. The van der Waals surface area contributed by atoms with Gasteiger partial charge in [0.15, 0.2) is 0 Å². The Morgan fingerprint density at radius 3 is 2.48 bits per heavy atom. The first-order valence-electron chi connectivity index (χ1n) is 7.75. The molecule has 0 amide bonds. The van der Waals surface area contributed by atoms with E-state index in [0.29, 0.717) is 16.7 Å². The van der Waals surface area contributed by atoms with Crippen LogP contribution in [0.4, 0.5) is 5.69 Å². The van der Waals surface area contributed by atoms with Gasteiger partial charge in [-0.2, -0.15) is 0 Å². The molecule has 0 radical (unpaired) electrons. The maximum Gasteiger partial charge on any atom is 0.120 e. The topological polar surface area (TPSA) is 21.3 Å². The fourth-order valence-electron chi connectivity index (χ4n) is 2.32. The van der Waals surface area contributed by atoms with Gasteiger partial charge in [0, 0.05) is 32.3 Å². The molecule has 0 saturated carbocycles. The summed E-state index contributed by atoms with van der Waals surface area (Å²) in [4.78, 5) is 0. The Hall–Kier alpha value is -1.68. The van der Waals surface area contributed by atoms with Gasteiger partial charge in [0.25, 0.3) is 0 Å². The van der Waals surface area contributed by atoms with Crippen LogP contribution in [0.15, 0.2) is 71.2 Å². The maximum absolute atomic E-state index is 6.18.